The molecule has 8 rings (SSSR count). The molecule has 0 aliphatic carbocycles. The van der Waals surface area contributed by atoms with Gasteiger partial charge in [-0.3, -0.25) is 35.9 Å². The molecule has 0 aromatic rings. The van der Waals surface area contributed by atoms with E-state index in [9.17, 15) is 137 Å². The maximum absolute atomic E-state index is 12.8. The number of hydrogen-bond acceptors (Lipinski definition) is 58. The van der Waals surface area contributed by atoms with E-state index in [1.54, 1.807) is 0 Å². The zero-order valence-corrected chi connectivity index (χ0v) is 92.7. The molecule has 0 saturated carbocycles. The fourth-order valence-corrected chi connectivity index (χ4v) is 13.9. The summed E-state index contributed by atoms with van der Waals surface area (Å²) in [5, 5.41) is 157. The number of amides is 4. The Kier molecular flexibility index (Phi) is 75.9. The van der Waals surface area contributed by atoms with Crippen LogP contribution in [0.15, 0.2) is 0 Å². The van der Waals surface area contributed by atoms with Crippen LogP contribution in [0.25, 0.3) is 0 Å². The first-order valence-electron chi connectivity index (χ1n) is 36.1. The van der Waals surface area contributed by atoms with E-state index in [4.69, 9.17) is 120 Å². The fraction of sp³-hybridized carbons (Fsp3) is 0.803. The molecule has 0 bridgehead atoms. The van der Waals surface area contributed by atoms with E-state index in [-0.39, 0.29) is 268 Å². The zero-order valence-electron chi connectivity index (χ0n) is 73.4. The van der Waals surface area contributed by atoms with Gasteiger partial charge in [0.2, 0.25) is 65.2 Å². The SMILES string of the molecule is CC(=O)NC1[C@@H](O[C@@H]2[CH-]O[C@@H](O[C@@H]3C(COS(=O)(=O)[O-])O[C@H](O[C@@H]4[CH-]O[C@@H](O[C@@H]5C(COS(=O)(=O)[O-])O[C@H](O[C@@H]6[CH-]O[C@@H](O[C@@H]7C(COS(=O)(=O)[O-])O[C@H](O[C@@H]8[CH-]O[C@@H](OCCCCCN)C(O)[C@H]8O)C(NC(C)=O)[C@H]7O)C(O)[C@@H]6O)C(NC(C)=O)[C@H]5O)C(O)[C@H]4O)C(NC(C)=O)[C@H]3O)C(O)[C@@H]2O)OC(COS(=O)(=O)[O-])[C@@H](O)[C@@H]1O.O=C=O.O=C=O.O=C=O.O=C=O.[Na+].[Na+].[Na+].[Na+].[Na+].[Na+].[Na+].[Na+]. The number of nitrogens with two attached hydrogens (primary N) is 1. The molecule has 0 spiro atoms. The van der Waals surface area contributed by atoms with E-state index in [2.05, 4.69) is 38.0 Å². The molecule has 74 heteroatoms. The van der Waals surface area contributed by atoms with Crippen molar-refractivity contribution >= 4 is 89.8 Å². The molecule has 732 valence electrons. The number of nitrogens with one attached hydrogen (secondary N) is 4. The van der Waals surface area contributed by atoms with Crippen molar-refractivity contribution in [2.45, 2.75) is 268 Å². The Bertz CT molecular complexity index is 4050. The summed E-state index contributed by atoms with van der Waals surface area (Å²) in [6, 6.07) is -7.60. The average Bonchev–Trinajstić information content (AvgIpc) is 0.790. The average molecular weight is 2120 g/mol. The quantitative estimate of drug-likeness (QED) is 0.00910. The normalized spacial score (nSPS) is 35.9. The Morgan fingerprint density at radius 3 is 0.756 bits per heavy atom. The van der Waals surface area contributed by atoms with Gasteiger partial charge in [0.1, 0.15) is 122 Å². The van der Waals surface area contributed by atoms with Gasteiger partial charge in [0.05, 0.1) is 50.8 Å². The first-order valence-corrected chi connectivity index (χ1v) is 41.4. The summed E-state index contributed by atoms with van der Waals surface area (Å²) in [5.41, 5.74) is 5.51. The van der Waals surface area contributed by atoms with Crippen LogP contribution in [0, 0.1) is 26.4 Å². The maximum Gasteiger partial charge on any atom is 1.00 e. The summed E-state index contributed by atoms with van der Waals surface area (Å²) in [6.07, 6.45) is -65.2. The fourth-order valence-electron chi connectivity index (χ4n) is 12.7. The maximum atomic E-state index is 12.8. The van der Waals surface area contributed by atoms with Crippen LogP contribution in [-0.2, 0) is 192 Å². The van der Waals surface area contributed by atoms with Crippen LogP contribution >= 0.6 is 0 Å². The summed E-state index contributed by atoms with van der Waals surface area (Å²) in [7, 11) is -22.5. The number of aliphatic hydroxyl groups excluding tert-OH is 13. The first-order chi connectivity index (χ1) is 59.3. The van der Waals surface area contributed by atoms with Crippen LogP contribution in [0.1, 0.15) is 47.0 Å². The number of rotatable bonds is 36. The molecule has 135 heavy (non-hydrogen) atoms. The van der Waals surface area contributed by atoms with Crippen LogP contribution in [-0.4, -0.2) is 427 Å². The zero-order chi connectivity index (χ0) is 96.1. The van der Waals surface area contributed by atoms with Crippen molar-refractivity contribution in [2.24, 2.45) is 5.73 Å². The van der Waals surface area contributed by atoms with E-state index >= 15 is 0 Å². The van der Waals surface area contributed by atoms with Crippen molar-refractivity contribution in [1.29, 1.82) is 0 Å². The third kappa shape index (κ3) is 48.0. The molecular formula is C61H89N5Na8O57S4. The van der Waals surface area contributed by atoms with Gasteiger partial charge in [-0.1, -0.05) is 0 Å². The number of ether oxygens (including phenoxy) is 16. The minimum absolute atomic E-state index is 0. The molecule has 8 aliphatic rings. The van der Waals surface area contributed by atoms with Crippen molar-refractivity contribution in [1.82, 2.24) is 21.3 Å². The molecule has 0 radical (unpaired) electrons. The Morgan fingerprint density at radius 2 is 0.526 bits per heavy atom. The molecule has 8 fully saturated rings. The largest absolute Gasteiger partial charge is 1.00 e. The number of unbranched alkanes of at least 4 members (excludes halogenated alkanes) is 2. The van der Waals surface area contributed by atoms with Crippen LogP contribution < -0.4 is 263 Å². The number of hydrogen-bond donors (Lipinski definition) is 18. The number of carbonyl (C=O) groups excluding carboxylic acids is 12. The second kappa shape index (κ2) is 70.6. The van der Waals surface area contributed by atoms with Crippen molar-refractivity contribution in [3.63, 3.8) is 0 Å². The molecule has 8 heterocycles. The monoisotopic (exact) mass is 2120 g/mol. The number of aliphatic hydroxyl groups is 13. The topological polar surface area (TPSA) is 955 Å². The van der Waals surface area contributed by atoms with Crippen LogP contribution in [0.3, 0.4) is 0 Å². The van der Waals surface area contributed by atoms with Gasteiger partial charge in [-0.2, -0.15) is 64.8 Å². The Balaban J connectivity index is -0.00000267. The van der Waals surface area contributed by atoms with Gasteiger partial charge in [-0.25, -0.2) is 33.7 Å². The van der Waals surface area contributed by atoms with Crippen molar-refractivity contribution < 1.29 is 505 Å². The van der Waals surface area contributed by atoms with E-state index in [1.807, 2.05) is 0 Å². The van der Waals surface area contributed by atoms with Gasteiger partial charge < -0.3 is 187 Å². The minimum atomic E-state index is -5.74. The molecule has 12 unspecified atom stereocenters. The molecular weight excluding hydrogens is 2030 g/mol. The van der Waals surface area contributed by atoms with E-state index in [1.165, 1.54) is 0 Å². The standard InChI is InChI=1S/C57H93N5O49S4.4CO2.8Na/c1-18(63)59-30-39(72)34(67)26(14-97-112(80,81)82)105-50(30)101-23-11-94-55(44(77)36(23)69)109-48-28(16-99-114(86,87)88)107-52(32(41(48)74)61-20(3)65)103-25-13-96-57(46(79)38(25)71)111-49-29(17-100-115(89,90)91)108-53(33(42(49)75)62-21(4)66)104-24-12-95-56(45(78)37(24)70)110-47-27(15-98-113(83,84)85)106-51(31(40(47)73)60-19(2)64)102-22-10-93-54(43(76)35(22)68)92-9-7-5-6-8-58;4*2-1-3;;;;;;;;/h10-13,22-57,67-79H,5-9,14-17,58H2,1-4H3,(H,59,63)(H,60,64)(H,61,65)(H,62,66)(H,80,81,82)(H,83,84,85)(H,86,87,88)(H,89,90,91);;;;;;;;;;;;/q-4;;;;;8*+1/p-4/t22-,23-,24-,25-,26?,27?,28?,29?,30?,31?,32?,33?,34-,35+,36-,37-,38+,39-,40-,41-,42-,43?,44?,45?,46?,47-,48-,49-,50+,51+,52+,53+,54-,55+,56+,57+;;;;;;;;;;;;/m1............/s1. The Labute approximate surface area is 943 Å². The first kappa shape index (κ1) is 145. The van der Waals surface area contributed by atoms with Gasteiger partial charge in [-0.15, -0.1) is 0 Å². The van der Waals surface area contributed by atoms with Crippen LogP contribution in [0.5, 0.6) is 0 Å². The summed E-state index contributed by atoms with van der Waals surface area (Å²) in [6.45, 7) is 1.21. The Hall–Kier alpha value is 1.68. The summed E-state index contributed by atoms with van der Waals surface area (Å²) in [4.78, 5) is 115. The summed E-state index contributed by atoms with van der Waals surface area (Å²) < 4.78 is 248. The minimum Gasteiger partial charge on any atom is -0.726 e. The van der Waals surface area contributed by atoms with Gasteiger partial charge in [0.15, 0.2) is 50.3 Å². The molecule has 8 aliphatic heterocycles. The van der Waals surface area contributed by atoms with Crippen molar-refractivity contribution in [3.05, 3.63) is 26.4 Å². The smallest absolute Gasteiger partial charge is 0.726 e. The predicted molar refractivity (Wildman–Crippen MR) is 365 cm³/mol. The van der Waals surface area contributed by atoms with Crippen molar-refractivity contribution in [2.75, 3.05) is 39.6 Å². The van der Waals surface area contributed by atoms with E-state index < -0.39 is 313 Å². The van der Waals surface area contributed by atoms with E-state index in [0.29, 0.717) is 45.6 Å². The van der Waals surface area contributed by atoms with Gasteiger partial charge >= 0.3 is 261 Å². The van der Waals surface area contributed by atoms with Gasteiger partial charge in [-0.05, 0) is 50.2 Å². The molecule has 62 nitrogen and oxygen atoms in total. The number of carbonyl (C=O) groups is 4. The van der Waals surface area contributed by atoms with Gasteiger partial charge in [0, 0.05) is 34.3 Å². The Morgan fingerprint density at radius 1 is 0.311 bits per heavy atom. The molecule has 19 N–H and O–H groups in total. The second-order valence-corrected chi connectivity index (χ2v) is 31.3. The summed E-state index contributed by atoms with van der Waals surface area (Å²) >= 11 is 0. The molecule has 4 amide bonds. The van der Waals surface area contributed by atoms with E-state index in [0.717, 1.165) is 34.3 Å². The molecule has 0 aromatic heterocycles. The third-order valence-electron chi connectivity index (χ3n) is 18.1. The molecule has 0 aromatic carbocycles. The van der Waals surface area contributed by atoms with Crippen LogP contribution in [0.2, 0.25) is 0 Å². The molecule has 36 atom stereocenters. The van der Waals surface area contributed by atoms with Gasteiger partial charge in [0.25, 0.3) is 0 Å². The predicted octanol–water partition coefficient (Wildman–Crippen LogP) is -41.9. The molecule has 8 saturated heterocycles. The summed E-state index contributed by atoms with van der Waals surface area (Å²) in [5.74, 6) is -3.81. The van der Waals surface area contributed by atoms with Crippen molar-refractivity contribution in [3.8, 4) is 0 Å². The second-order valence-electron chi connectivity index (χ2n) is 27.0. The van der Waals surface area contributed by atoms with Crippen LogP contribution in [0.4, 0.5) is 0 Å². The third-order valence-corrected chi connectivity index (χ3v) is 19.8.